The van der Waals surface area contributed by atoms with Gasteiger partial charge in [0.15, 0.2) is 0 Å². The van der Waals surface area contributed by atoms with Crippen LogP contribution >= 0.6 is 0 Å². The van der Waals surface area contributed by atoms with E-state index in [0.717, 1.165) is 24.4 Å². The minimum atomic E-state index is 0.294. The molecule has 2 N–H and O–H groups in total. The van der Waals surface area contributed by atoms with Crippen molar-refractivity contribution in [2.45, 2.75) is 89.6 Å². The van der Waals surface area contributed by atoms with E-state index in [1.54, 1.807) is 0 Å². The second-order valence-electron chi connectivity index (χ2n) is 7.79. The maximum Gasteiger partial charge on any atom is 0.0334 e. The average molecular weight is 280 g/mol. The van der Waals surface area contributed by atoms with Gasteiger partial charge in [0.1, 0.15) is 0 Å². The molecule has 0 bridgehead atoms. The predicted molar refractivity (Wildman–Crippen MR) is 87.8 cm³/mol. The van der Waals surface area contributed by atoms with Gasteiger partial charge < -0.3 is 5.73 Å². The Bertz CT molecular complexity index is 281. The molecule has 0 spiro atoms. The van der Waals surface area contributed by atoms with Gasteiger partial charge in [-0.15, -0.1) is 0 Å². The fraction of sp³-hybridized carbons (Fsp3) is 1.00. The molecule has 2 saturated carbocycles. The summed E-state index contributed by atoms with van der Waals surface area (Å²) in [4.78, 5) is 2.73. The summed E-state index contributed by atoms with van der Waals surface area (Å²) < 4.78 is 0. The fourth-order valence-corrected chi connectivity index (χ4v) is 4.64. The number of rotatable bonds is 4. The molecule has 0 saturated heterocycles. The molecule has 2 aliphatic rings. The van der Waals surface area contributed by atoms with E-state index in [2.05, 4.69) is 25.8 Å². The Hall–Kier alpha value is -0.0800. The van der Waals surface area contributed by atoms with Gasteiger partial charge in [0.25, 0.3) is 0 Å². The van der Waals surface area contributed by atoms with Crippen LogP contribution in [0.2, 0.25) is 0 Å². The molecule has 0 aromatic heterocycles. The van der Waals surface area contributed by atoms with Crippen molar-refractivity contribution < 1.29 is 0 Å². The summed E-state index contributed by atoms with van der Waals surface area (Å²) in [5.74, 6) is 1.68. The second-order valence-corrected chi connectivity index (χ2v) is 7.79. The molecule has 0 radical (unpaired) electrons. The first-order valence-corrected chi connectivity index (χ1v) is 9.02. The Balaban J connectivity index is 2.07. The van der Waals surface area contributed by atoms with Crippen LogP contribution in [0.4, 0.5) is 0 Å². The Morgan fingerprint density at radius 1 is 1.05 bits per heavy atom. The van der Waals surface area contributed by atoms with Gasteiger partial charge in [0, 0.05) is 18.1 Å². The highest BCUT2D eigenvalue weighted by Gasteiger charge is 2.41. The molecule has 2 nitrogen and oxygen atoms in total. The molecule has 2 fully saturated rings. The molecule has 2 atom stereocenters. The zero-order valence-electron chi connectivity index (χ0n) is 14.0. The fourth-order valence-electron chi connectivity index (χ4n) is 4.64. The number of nitrogens with zero attached hydrogens (tertiary/aromatic N) is 1. The van der Waals surface area contributed by atoms with Crippen molar-refractivity contribution in [3.05, 3.63) is 0 Å². The molecule has 0 heterocycles. The van der Waals surface area contributed by atoms with Gasteiger partial charge in [-0.05, 0) is 44.6 Å². The standard InChI is InChI=1S/C18H36N2/c1-15(2)16-9-8-12-18(13-16,14-19)20(3)17-10-6-4-5-7-11-17/h15-17H,4-14,19H2,1-3H3. The quantitative estimate of drug-likeness (QED) is 0.783. The highest BCUT2D eigenvalue weighted by Crippen LogP contribution is 2.41. The molecule has 118 valence electrons. The van der Waals surface area contributed by atoms with Crippen molar-refractivity contribution in [2.75, 3.05) is 13.6 Å². The minimum Gasteiger partial charge on any atom is -0.329 e. The molecule has 2 heteroatoms. The summed E-state index contributed by atoms with van der Waals surface area (Å²) in [6.07, 6.45) is 13.9. The smallest absolute Gasteiger partial charge is 0.0334 e. The maximum atomic E-state index is 6.31. The normalized spacial score (nSPS) is 33.6. The van der Waals surface area contributed by atoms with Gasteiger partial charge in [-0.1, -0.05) is 52.4 Å². The third-order valence-corrected chi connectivity index (χ3v) is 6.30. The van der Waals surface area contributed by atoms with E-state index in [0.29, 0.717) is 5.54 Å². The third-order valence-electron chi connectivity index (χ3n) is 6.30. The number of hydrogen-bond donors (Lipinski definition) is 1. The van der Waals surface area contributed by atoms with Crippen molar-refractivity contribution in [3.8, 4) is 0 Å². The molecule has 2 unspecified atom stereocenters. The van der Waals surface area contributed by atoms with Crippen molar-refractivity contribution in [3.63, 3.8) is 0 Å². The van der Waals surface area contributed by atoms with Crippen LogP contribution in [-0.4, -0.2) is 30.1 Å². The third kappa shape index (κ3) is 3.57. The number of hydrogen-bond acceptors (Lipinski definition) is 2. The lowest BCUT2D eigenvalue weighted by Crippen LogP contribution is -2.58. The van der Waals surface area contributed by atoms with Crippen LogP contribution in [0.5, 0.6) is 0 Å². The summed E-state index contributed by atoms with van der Waals surface area (Å²) in [5, 5.41) is 0. The van der Waals surface area contributed by atoms with Crippen molar-refractivity contribution >= 4 is 0 Å². The van der Waals surface area contributed by atoms with Crippen molar-refractivity contribution in [1.82, 2.24) is 4.90 Å². The molecule has 0 aromatic rings. The van der Waals surface area contributed by atoms with Crippen molar-refractivity contribution in [2.24, 2.45) is 17.6 Å². The molecule has 0 aliphatic heterocycles. The molecule has 2 aliphatic carbocycles. The van der Waals surface area contributed by atoms with Gasteiger partial charge in [0.05, 0.1) is 0 Å². The van der Waals surface area contributed by atoms with Gasteiger partial charge in [-0.25, -0.2) is 0 Å². The summed E-state index contributed by atoms with van der Waals surface area (Å²) in [7, 11) is 2.38. The highest BCUT2D eigenvalue weighted by atomic mass is 15.2. The SMILES string of the molecule is CC(C)C1CCCC(CN)(N(C)C2CCCCCC2)C1. The van der Waals surface area contributed by atoms with Gasteiger partial charge in [0.2, 0.25) is 0 Å². The van der Waals surface area contributed by atoms with Gasteiger partial charge in [-0.2, -0.15) is 0 Å². The zero-order chi connectivity index (χ0) is 14.6. The lowest BCUT2D eigenvalue weighted by Gasteiger charge is -2.50. The Kier molecular flexibility index (Phi) is 5.92. The van der Waals surface area contributed by atoms with E-state index in [-0.39, 0.29) is 0 Å². The van der Waals surface area contributed by atoms with Crippen LogP contribution in [0, 0.1) is 11.8 Å². The van der Waals surface area contributed by atoms with Crippen LogP contribution in [0.3, 0.4) is 0 Å². The minimum absolute atomic E-state index is 0.294. The predicted octanol–water partition coefficient (Wildman–Crippen LogP) is 4.18. The number of likely N-dealkylation sites (N-methyl/N-ethyl adjacent to an activating group) is 1. The second kappa shape index (κ2) is 7.26. The summed E-state index contributed by atoms with van der Waals surface area (Å²) in [6.45, 7) is 5.63. The largest absolute Gasteiger partial charge is 0.329 e. The van der Waals surface area contributed by atoms with E-state index in [1.807, 2.05) is 0 Å². The first-order chi connectivity index (χ1) is 9.59. The van der Waals surface area contributed by atoms with Crippen LogP contribution in [-0.2, 0) is 0 Å². The van der Waals surface area contributed by atoms with E-state index in [1.165, 1.54) is 64.2 Å². The maximum absolute atomic E-state index is 6.31. The summed E-state index contributed by atoms with van der Waals surface area (Å²) in [5.41, 5.74) is 6.60. The lowest BCUT2D eigenvalue weighted by atomic mass is 9.70. The average Bonchev–Trinajstić information content (AvgIpc) is 2.75. The van der Waals surface area contributed by atoms with Crippen LogP contribution < -0.4 is 5.73 Å². The Morgan fingerprint density at radius 2 is 1.70 bits per heavy atom. The van der Waals surface area contributed by atoms with E-state index in [9.17, 15) is 0 Å². The van der Waals surface area contributed by atoms with Crippen LogP contribution in [0.15, 0.2) is 0 Å². The van der Waals surface area contributed by atoms with Gasteiger partial charge >= 0.3 is 0 Å². The summed E-state index contributed by atoms with van der Waals surface area (Å²) >= 11 is 0. The Morgan fingerprint density at radius 3 is 2.25 bits per heavy atom. The van der Waals surface area contributed by atoms with E-state index >= 15 is 0 Å². The summed E-state index contributed by atoms with van der Waals surface area (Å²) in [6, 6.07) is 0.784. The van der Waals surface area contributed by atoms with Crippen LogP contribution in [0.25, 0.3) is 0 Å². The van der Waals surface area contributed by atoms with Crippen LogP contribution in [0.1, 0.15) is 78.1 Å². The monoisotopic (exact) mass is 280 g/mol. The first-order valence-electron chi connectivity index (χ1n) is 9.02. The van der Waals surface area contributed by atoms with E-state index < -0.39 is 0 Å². The molecular weight excluding hydrogens is 244 g/mol. The molecule has 20 heavy (non-hydrogen) atoms. The Labute approximate surface area is 126 Å². The highest BCUT2D eigenvalue weighted by molar-refractivity contribution is 4.98. The van der Waals surface area contributed by atoms with Crippen molar-refractivity contribution in [1.29, 1.82) is 0 Å². The molecule has 0 amide bonds. The van der Waals surface area contributed by atoms with E-state index in [4.69, 9.17) is 5.73 Å². The topological polar surface area (TPSA) is 29.3 Å². The first kappa shape index (κ1) is 16.3. The van der Waals surface area contributed by atoms with Gasteiger partial charge in [-0.3, -0.25) is 4.90 Å². The number of nitrogens with two attached hydrogens (primary N) is 1. The molecule has 0 aromatic carbocycles. The molecular formula is C18H36N2. The zero-order valence-corrected chi connectivity index (χ0v) is 14.0. The molecule has 2 rings (SSSR count). The lowest BCUT2D eigenvalue weighted by molar-refractivity contribution is 0.0101.